The predicted octanol–water partition coefficient (Wildman–Crippen LogP) is 1.47. The van der Waals surface area contributed by atoms with Gasteiger partial charge in [-0.2, -0.15) is 5.10 Å². The molecule has 0 unspecified atom stereocenters. The number of rotatable bonds is 1. The van der Waals surface area contributed by atoms with E-state index in [4.69, 9.17) is 12.2 Å². The minimum atomic E-state index is 0.892. The molecule has 2 nitrogen and oxygen atoms in total. The zero-order chi connectivity index (χ0) is 7.72. The highest BCUT2D eigenvalue weighted by Crippen LogP contribution is 2.02. The van der Waals surface area contributed by atoms with Crippen molar-refractivity contribution in [1.82, 2.24) is 9.78 Å². The zero-order valence-electron chi connectivity index (χ0n) is 6.38. The lowest BCUT2D eigenvalue weighted by molar-refractivity contribution is 0.750. The highest BCUT2D eigenvalue weighted by molar-refractivity contribution is 7.80. The molecule has 1 rings (SSSR count). The first-order chi connectivity index (χ1) is 4.61. The van der Waals surface area contributed by atoms with Crippen molar-refractivity contribution in [1.29, 1.82) is 0 Å². The third-order valence-electron chi connectivity index (χ3n) is 1.36. The molecule has 0 radical (unpaired) electrons. The second-order valence-corrected chi connectivity index (χ2v) is 2.96. The van der Waals surface area contributed by atoms with Gasteiger partial charge in [-0.3, -0.25) is 4.68 Å². The summed E-state index contributed by atoms with van der Waals surface area (Å²) in [5, 5.41) is 4.16. The van der Waals surface area contributed by atoms with Crippen molar-refractivity contribution < 1.29 is 0 Å². The lowest BCUT2D eigenvalue weighted by Gasteiger charge is -1.95. The summed E-state index contributed by atoms with van der Waals surface area (Å²) in [5.41, 5.74) is 2.05. The predicted molar refractivity (Wildman–Crippen MR) is 45.3 cm³/mol. The summed E-state index contributed by atoms with van der Waals surface area (Å²) < 4.78 is 1.80. The summed E-state index contributed by atoms with van der Waals surface area (Å²) in [4.78, 5) is 0.892. The number of nitrogens with zero attached hydrogens (tertiary/aromatic N) is 2. The van der Waals surface area contributed by atoms with E-state index in [-0.39, 0.29) is 0 Å². The van der Waals surface area contributed by atoms with Crippen LogP contribution in [0.25, 0.3) is 0 Å². The van der Waals surface area contributed by atoms with Gasteiger partial charge in [0.15, 0.2) is 0 Å². The Morgan fingerprint density at radius 2 is 2.30 bits per heavy atom. The van der Waals surface area contributed by atoms with Gasteiger partial charge >= 0.3 is 0 Å². The van der Waals surface area contributed by atoms with E-state index in [1.807, 2.05) is 27.0 Å². The average molecular weight is 154 g/mol. The van der Waals surface area contributed by atoms with Crippen LogP contribution in [0.1, 0.15) is 18.3 Å². The van der Waals surface area contributed by atoms with Crippen LogP contribution in [0, 0.1) is 6.92 Å². The van der Waals surface area contributed by atoms with E-state index in [1.54, 1.807) is 4.68 Å². The molecule has 0 aliphatic rings. The van der Waals surface area contributed by atoms with E-state index in [1.165, 1.54) is 0 Å². The summed E-state index contributed by atoms with van der Waals surface area (Å²) in [6.07, 6.45) is 0. The molecule has 0 aliphatic heterocycles. The maximum Gasteiger partial charge on any atom is 0.0745 e. The van der Waals surface area contributed by atoms with Gasteiger partial charge in [0.25, 0.3) is 0 Å². The smallest absolute Gasteiger partial charge is 0.0745 e. The van der Waals surface area contributed by atoms with Gasteiger partial charge in [-0.05, 0) is 19.9 Å². The van der Waals surface area contributed by atoms with Gasteiger partial charge in [0.1, 0.15) is 0 Å². The van der Waals surface area contributed by atoms with E-state index in [9.17, 15) is 0 Å². The lowest BCUT2D eigenvalue weighted by Crippen LogP contribution is -2.01. The first kappa shape index (κ1) is 7.41. The third-order valence-corrected chi connectivity index (χ3v) is 1.57. The first-order valence-corrected chi connectivity index (χ1v) is 3.53. The van der Waals surface area contributed by atoms with Crippen molar-refractivity contribution in [2.45, 2.75) is 13.8 Å². The Balaban J connectivity index is 3.15. The molecule has 10 heavy (non-hydrogen) atoms. The molecule has 0 spiro atoms. The molecule has 1 aromatic heterocycles. The number of aromatic nitrogens is 2. The molecule has 0 atom stereocenters. The molecule has 0 aliphatic carbocycles. The van der Waals surface area contributed by atoms with Crippen LogP contribution in [-0.4, -0.2) is 14.6 Å². The maximum absolute atomic E-state index is 5.00. The minimum Gasteiger partial charge on any atom is -0.267 e. The van der Waals surface area contributed by atoms with E-state index >= 15 is 0 Å². The molecule has 1 heterocycles. The molecule has 3 heteroatoms. The van der Waals surface area contributed by atoms with Crippen molar-refractivity contribution >= 4 is 17.1 Å². The lowest BCUT2D eigenvalue weighted by atomic mass is 10.3. The van der Waals surface area contributed by atoms with Gasteiger partial charge < -0.3 is 0 Å². The second-order valence-electron chi connectivity index (χ2n) is 2.35. The largest absolute Gasteiger partial charge is 0.267 e. The average Bonchev–Trinajstić information content (AvgIpc) is 2.10. The summed E-state index contributed by atoms with van der Waals surface area (Å²) in [6.45, 7) is 3.87. The van der Waals surface area contributed by atoms with Crippen molar-refractivity contribution in [2.24, 2.45) is 7.05 Å². The number of aryl methyl sites for hydroxylation is 2. The Kier molecular flexibility index (Phi) is 1.85. The molecule has 0 saturated heterocycles. The summed E-state index contributed by atoms with van der Waals surface area (Å²) in [7, 11) is 1.90. The fourth-order valence-corrected chi connectivity index (χ4v) is 1.13. The Bertz CT molecular complexity index is 263. The number of hydrogen-bond acceptors (Lipinski definition) is 2. The molecule has 0 bridgehead atoms. The third kappa shape index (κ3) is 1.24. The molecule has 0 amide bonds. The van der Waals surface area contributed by atoms with Crippen LogP contribution in [-0.2, 0) is 7.05 Å². The van der Waals surface area contributed by atoms with Gasteiger partial charge in [-0.25, -0.2) is 0 Å². The topological polar surface area (TPSA) is 17.8 Å². The molecule has 0 N–H and O–H groups in total. The molecule has 54 valence electrons. The Morgan fingerprint density at radius 3 is 2.50 bits per heavy atom. The zero-order valence-corrected chi connectivity index (χ0v) is 7.20. The van der Waals surface area contributed by atoms with Gasteiger partial charge in [-0.15, -0.1) is 0 Å². The molecule has 0 fully saturated rings. The van der Waals surface area contributed by atoms with Crippen molar-refractivity contribution in [3.05, 3.63) is 17.5 Å². The SMILES string of the molecule is CC(=S)c1cc(C)nn1C. The Morgan fingerprint density at radius 1 is 1.70 bits per heavy atom. The Labute approximate surface area is 65.9 Å². The normalized spacial score (nSPS) is 9.90. The van der Waals surface area contributed by atoms with Gasteiger partial charge in [0.05, 0.1) is 11.4 Å². The van der Waals surface area contributed by atoms with Crippen molar-refractivity contribution in [3.8, 4) is 0 Å². The van der Waals surface area contributed by atoms with E-state index < -0.39 is 0 Å². The summed E-state index contributed by atoms with van der Waals surface area (Å²) in [6, 6.07) is 1.99. The molecule has 1 aromatic rings. The van der Waals surface area contributed by atoms with E-state index in [0.717, 1.165) is 16.3 Å². The van der Waals surface area contributed by atoms with Crippen LogP contribution in [0.4, 0.5) is 0 Å². The monoisotopic (exact) mass is 154 g/mol. The van der Waals surface area contributed by atoms with Crippen LogP contribution < -0.4 is 0 Å². The van der Waals surface area contributed by atoms with Crippen molar-refractivity contribution in [3.63, 3.8) is 0 Å². The van der Waals surface area contributed by atoms with Gasteiger partial charge in [-0.1, -0.05) is 12.2 Å². The van der Waals surface area contributed by atoms with Crippen LogP contribution in [0.5, 0.6) is 0 Å². The standard InChI is InChI=1S/C7H10N2S/c1-5-4-7(6(2)10)9(3)8-5/h4H,1-3H3. The van der Waals surface area contributed by atoms with Crippen LogP contribution in [0.2, 0.25) is 0 Å². The number of thiocarbonyl (C=S) groups is 1. The van der Waals surface area contributed by atoms with Crippen LogP contribution in [0.15, 0.2) is 6.07 Å². The van der Waals surface area contributed by atoms with E-state index in [2.05, 4.69) is 5.10 Å². The van der Waals surface area contributed by atoms with Gasteiger partial charge in [0.2, 0.25) is 0 Å². The second kappa shape index (κ2) is 2.50. The highest BCUT2D eigenvalue weighted by atomic mass is 32.1. The summed E-state index contributed by atoms with van der Waals surface area (Å²) >= 11 is 5.00. The fraction of sp³-hybridized carbons (Fsp3) is 0.429. The first-order valence-electron chi connectivity index (χ1n) is 3.13. The quantitative estimate of drug-likeness (QED) is 0.450. The fourth-order valence-electron chi connectivity index (χ4n) is 0.940. The molecule has 0 aromatic carbocycles. The molecular formula is C7H10N2S. The van der Waals surface area contributed by atoms with Crippen LogP contribution in [0.3, 0.4) is 0 Å². The van der Waals surface area contributed by atoms with Gasteiger partial charge in [0, 0.05) is 11.9 Å². The highest BCUT2D eigenvalue weighted by Gasteiger charge is 2.01. The summed E-state index contributed by atoms with van der Waals surface area (Å²) in [5.74, 6) is 0. The molecule has 0 saturated carbocycles. The van der Waals surface area contributed by atoms with E-state index in [0.29, 0.717) is 0 Å². The van der Waals surface area contributed by atoms with Crippen molar-refractivity contribution in [2.75, 3.05) is 0 Å². The molecular weight excluding hydrogens is 144 g/mol. The van der Waals surface area contributed by atoms with Crippen LogP contribution >= 0.6 is 12.2 Å². The minimum absolute atomic E-state index is 0.892. The Hall–Kier alpha value is -0.700. The maximum atomic E-state index is 5.00. The number of hydrogen-bond donors (Lipinski definition) is 0.